The fourth-order valence-corrected chi connectivity index (χ4v) is 1.95. The van der Waals surface area contributed by atoms with Crippen molar-refractivity contribution in [2.75, 3.05) is 14.2 Å². The lowest BCUT2D eigenvalue weighted by atomic mass is 10.1. The van der Waals surface area contributed by atoms with Gasteiger partial charge in [-0.1, -0.05) is 0 Å². The van der Waals surface area contributed by atoms with E-state index in [0.29, 0.717) is 22.9 Å². The number of rotatable bonds is 6. The van der Waals surface area contributed by atoms with Gasteiger partial charge >= 0.3 is 0 Å². The van der Waals surface area contributed by atoms with Crippen LogP contribution in [0.1, 0.15) is 18.2 Å². The first kappa shape index (κ1) is 16.3. The van der Waals surface area contributed by atoms with Crippen LogP contribution >= 0.6 is 0 Å². The molecule has 0 spiro atoms. The molecule has 122 valence electrons. The summed E-state index contributed by atoms with van der Waals surface area (Å²) in [5, 5.41) is 9.02. The molecule has 0 unspecified atom stereocenters. The molecule has 0 atom stereocenters. The Balaban J connectivity index is 2.04. The average Bonchev–Trinajstić information content (AvgIpc) is 2.96. The number of hydrazone groups is 1. The smallest absolute Gasteiger partial charge is 0.264 e. The van der Waals surface area contributed by atoms with Crippen molar-refractivity contribution in [2.45, 2.75) is 13.3 Å². The van der Waals surface area contributed by atoms with Crippen LogP contribution < -0.4 is 20.5 Å². The maximum Gasteiger partial charge on any atom is 0.264 e. The Kier molecular flexibility index (Phi) is 5.19. The Hall–Kier alpha value is -3.03. The van der Waals surface area contributed by atoms with Gasteiger partial charge in [-0.3, -0.25) is 14.7 Å². The van der Waals surface area contributed by atoms with Crippen LogP contribution in [0.3, 0.4) is 0 Å². The minimum Gasteiger partial charge on any atom is -0.493 e. The minimum absolute atomic E-state index is 0.0292. The Bertz CT molecular complexity index is 776. The van der Waals surface area contributed by atoms with Crippen LogP contribution in [0, 0.1) is 0 Å². The number of aromatic nitrogens is 2. The van der Waals surface area contributed by atoms with Crippen molar-refractivity contribution >= 4 is 11.6 Å². The number of benzene rings is 1. The van der Waals surface area contributed by atoms with Crippen molar-refractivity contribution in [3.8, 4) is 11.5 Å². The zero-order valence-corrected chi connectivity index (χ0v) is 13.1. The van der Waals surface area contributed by atoms with Gasteiger partial charge < -0.3 is 14.6 Å². The highest BCUT2D eigenvalue weighted by molar-refractivity contribution is 5.99. The average molecular weight is 318 g/mol. The van der Waals surface area contributed by atoms with Crippen molar-refractivity contribution in [1.29, 1.82) is 0 Å². The molecule has 1 aromatic heterocycles. The minimum atomic E-state index is -0.333. The molecule has 1 heterocycles. The number of amides is 1. The number of carbonyl (C=O) groups is 1. The lowest BCUT2D eigenvalue weighted by Crippen LogP contribution is -2.21. The number of nitrogens with one attached hydrogen (secondary N) is 3. The highest BCUT2D eigenvalue weighted by Crippen LogP contribution is 2.27. The molecular weight excluding hydrogens is 300 g/mol. The van der Waals surface area contributed by atoms with E-state index in [4.69, 9.17) is 9.47 Å². The van der Waals surface area contributed by atoms with E-state index in [1.54, 1.807) is 33.3 Å². The molecule has 1 aromatic carbocycles. The number of hydrogen-bond donors (Lipinski definition) is 3. The van der Waals surface area contributed by atoms with Gasteiger partial charge in [0.1, 0.15) is 0 Å². The van der Waals surface area contributed by atoms with Gasteiger partial charge in [0, 0.05) is 17.3 Å². The maximum atomic E-state index is 11.8. The zero-order valence-electron chi connectivity index (χ0n) is 13.1. The first-order valence-electron chi connectivity index (χ1n) is 6.85. The first-order chi connectivity index (χ1) is 11.0. The summed E-state index contributed by atoms with van der Waals surface area (Å²) >= 11 is 0. The summed E-state index contributed by atoms with van der Waals surface area (Å²) in [5.74, 6) is 0.861. The van der Waals surface area contributed by atoms with Gasteiger partial charge in [0.25, 0.3) is 5.56 Å². The molecule has 2 rings (SSSR count). The number of hydrogen-bond acceptors (Lipinski definition) is 5. The normalized spacial score (nSPS) is 11.2. The van der Waals surface area contributed by atoms with Gasteiger partial charge in [0.2, 0.25) is 5.91 Å². The molecule has 8 nitrogen and oxygen atoms in total. The summed E-state index contributed by atoms with van der Waals surface area (Å²) < 4.78 is 10.4. The molecule has 0 aliphatic rings. The van der Waals surface area contributed by atoms with E-state index in [2.05, 4.69) is 20.7 Å². The van der Waals surface area contributed by atoms with Gasteiger partial charge in [0.15, 0.2) is 11.5 Å². The first-order valence-corrected chi connectivity index (χ1v) is 6.85. The van der Waals surface area contributed by atoms with Crippen LogP contribution in [0.15, 0.2) is 34.2 Å². The predicted octanol–water partition coefficient (Wildman–Crippen LogP) is 0.803. The van der Waals surface area contributed by atoms with Crippen LogP contribution in [0.4, 0.5) is 0 Å². The molecule has 8 heteroatoms. The second-order valence-corrected chi connectivity index (χ2v) is 4.76. The second-order valence-electron chi connectivity index (χ2n) is 4.76. The van der Waals surface area contributed by atoms with Gasteiger partial charge in [-0.2, -0.15) is 5.10 Å². The predicted molar refractivity (Wildman–Crippen MR) is 85.0 cm³/mol. The Labute approximate surface area is 132 Å². The zero-order chi connectivity index (χ0) is 16.8. The molecule has 2 aromatic rings. The van der Waals surface area contributed by atoms with Crippen LogP contribution in [0.25, 0.3) is 0 Å². The van der Waals surface area contributed by atoms with Crippen molar-refractivity contribution in [3.63, 3.8) is 0 Å². The largest absolute Gasteiger partial charge is 0.493 e. The lowest BCUT2D eigenvalue weighted by Gasteiger charge is -2.09. The van der Waals surface area contributed by atoms with E-state index >= 15 is 0 Å². The summed E-state index contributed by atoms with van der Waals surface area (Å²) in [6.45, 7) is 1.76. The number of carbonyl (C=O) groups excluding carboxylic acids is 1. The SMILES string of the molecule is COc1ccc(C(C)=NNC(=O)Cc2cc(=O)[nH][nH]2)cc1OC. The van der Waals surface area contributed by atoms with Crippen molar-refractivity contribution < 1.29 is 14.3 Å². The van der Waals surface area contributed by atoms with Gasteiger partial charge in [-0.25, -0.2) is 5.43 Å². The molecule has 0 saturated heterocycles. The number of ether oxygens (including phenoxy) is 2. The summed E-state index contributed by atoms with van der Waals surface area (Å²) in [6, 6.07) is 6.67. The quantitative estimate of drug-likeness (QED) is 0.541. The number of aromatic amines is 2. The number of H-pyrrole nitrogens is 2. The highest BCUT2D eigenvalue weighted by atomic mass is 16.5. The standard InChI is InChI=1S/C15H18N4O4/c1-9(10-4-5-12(22-2)13(6-10)23-3)16-18-14(20)7-11-8-15(21)19-17-11/h4-6,8H,7H2,1-3H3,(H,18,20)(H2,17,19,21). The van der Waals surface area contributed by atoms with Crippen LogP contribution in [-0.4, -0.2) is 36.0 Å². The molecule has 0 aliphatic carbocycles. The Morgan fingerprint density at radius 2 is 1.91 bits per heavy atom. The number of methoxy groups -OCH3 is 2. The third kappa shape index (κ3) is 4.22. The molecule has 1 amide bonds. The molecule has 0 radical (unpaired) electrons. The highest BCUT2D eigenvalue weighted by Gasteiger charge is 2.08. The van der Waals surface area contributed by atoms with Crippen molar-refractivity contribution in [1.82, 2.24) is 15.6 Å². The molecule has 0 fully saturated rings. The second kappa shape index (κ2) is 7.30. The third-order valence-electron chi connectivity index (χ3n) is 3.15. The molecule has 0 bridgehead atoms. The molecule has 0 saturated carbocycles. The van der Waals surface area contributed by atoms with Gasteiger partial charge in [-0.15, -0.1) is 0 Å². The van der Waals surface area contributed by atoms with Crippen LogP contribution in [0.5, 0.6) is 11.5 Å². The number of nitrogens with zero attached hydrogens (tertiary/aromatic N) is 1. The monoisotopic (exact) mass is 318 g/mol. The lowest BCUT2D eigenvalue weighted by molar-refractivity contribution is -0.120. The van der Waals surface area contributed by atoms with E-state index in [-0.39, 0.29) is 17.9 Å². The Morgan fingerprint density at radius 1 is 1.17 bits per heavy atom. The third-order valence-corrected chi connectivity index (χ3v) is 3.15. The van der Waals surface area contributed by atoms with Crippen molar-refractivity contribution in [2.24, 2.45) is 5.10 Å². The maximum absolute atomic E-state index is 11.8. The molecule has 3 N–H and O–H groups in total. The van der Waals surface area contributed by atoms with E-state index in [9.17, 15) is 9.59 Å². The van der Waals surface area contributed by atoms with Crippen LogP contribution in [-0.2, 0) is 11.2 Å². The fourth-order valence-electron chi connectivity index (χ4n) is 1.95. The fraction of sp³-hybridized carbons (Fsp3) is 0.267. The Morgan fingerprint density at radius 3 is 2.52 bits per heavy atom. The summed E-state index contributed by atoms with van der Waals surface area (Å²) in [5.41, 5.74) is 4.06. The van der Waals surface area contributed by atoms with E-state index in [1.807, 2.05) is 6.07 Å². The summed E-state index contributed by atoms with van der Waals surface area (Å²) in [4.78, 5) is 22.7. The van der Waals surface area contributed by atoms with Crippen LogP contribution in [0.2, 0.25) is 0 Å². The topological polar surface area (TPSA) is 109 Å². The van der Waals surface area contributed by atoms with E-state index in [0.717, 1.165) is 5.56 Å². The van der Waals surface area contributed by atoms with Gasteiger partial charge in [-0.05, 0) is 25.1 Å². The summed E-state index contributed by atoms with van der Waals surface area (Å²) in [7, 11) is 3.11. The van der Waals surface area contributed by atoms with E-state index < -0.39 is 0 Å². The summed E-state index contributed by atoms with van der Waals surface area (Å²) in [6.07, 6.45) is 0.0292. The molecule has 23 heavy (non-hydrogen) atoms. The van der Waals surface area contributed by atoms with Gasteiger partial charge in [0.05, 0.1) is 26.4 Å². The molecular formula is C15H18N4O4. The van der Waals surface area contributed by atoms with Crippen molar-refractivity contribution in [3.05, 3.63) is 45.9 Å². The molecule has 0 aliphatic heterocycles. The van der Waals surface area contributed by atoms with E-state index in [1.165, 1.54) is 6.07 Å².